The van der Waals surface area contributed by atoms with Gasteiger partial charge in [0.2, 0.25) is 5.91 Å². The summed E-state index contributed by atoms with van der Waals surface area (Å²) in [6, 6.07) is -0.765. The third-order valence-electron chi connectivity index (χ3n) is 3.63. The van der Waals surface area contributed by atoms with Gasteiger partial charge in [0.1, 0.15) is 6.04 Å². The van der Waals surface area contributed by atoms with E-state index in [2.05, 4.69) is 5.32 Å². The first kappa shape index (κ1) is 17.9. The Morgan fingerprint density at radius 3 is 2.57 bits per heavy atom. The normalized spacial score (nSPS) is 23.6. The molecule has 0 radical (unpaired) electrons. The van der Waals surface area contributed by atoms with Crippen molar-refractivity contribution >= 4 is 22.0 Å². The summed E-state index contributed by atoms with van der Waals surface area (Å²) in [6.45, 7) is 3.83. The van der Waals surface area contributed by atoms with E-state index in [0.29, 0.717) is 13.0 Å². The first-order chi connectivity index (χ1) is 9.75. The molecule has 0 saturated heterocycles. The average molecular weight is 321 g/mol. The van der Waals surface area contributed by atoms with Gasteiger partial charge in [-0.3, -0.25) is 9.35 Å². The van der Waals surface area contributed by atoms with Gasteiger partial charge in [-0.1, -0.05) is 13.3 Å². The molecule has 1 aliphatic carbocycles. The molecule has 0 aliphatic heterocycles. The highest BCUT2D eigenvalue weighted by Gasteiger charge is 2.37. The molecule has 1 fully saturated rings. The Morgan fingerprint density at radius 1 is 1.38 bits per heavy atom. The van der Waals surface area contributed by atoms with Crippen LogP contribution in [0.25, 0.3) is 0 Å². The molecule has 1 amide bonds. The van der Waals surface area contributed by atoms with Crippen molar-refractivity contribution in [3.05, 3.63) is 0 Å². The van der Waals surface area contributed by atoms with Crippen LogP contribution >= 0.6 is 0 Å². The van der Waals surface area contributed by atoms with Gasteiger partial charge in [0.05, 0.1) is 11.9 Å². The molecule has 8 heteroatoms. The number of amides is 1. The molecule has 0 aromatic carbocycles. The molecule has 7 nitrogen and oxygen atoms in total. The molecule has 0 aromatic rings. The van der Waals surface area contributed by atoms with Crippen LogP contribution in [0, 0.1) is 5.92 Å². The van der Waals surface area contributed by atoms with Crippen LogP contribution in [0.1, 0.15) is 46.0 Å². The zero-order valence-corrected chi connectivity index (χ0v) is 13.2. The lowest BCUT2D eigenvalue weighted by Gasteiger charge is -2.16. The fourth-order valence-corrected chi connectivity index (χ4v) is 3.19. The van der Waals surface area contributed by atoms with Crippen molar-refractivity contribution in [3.63, 3.8) is 0 Å². The van der Waals surface area contributed by atoms with Gasteiger partial charge >= 0.3 is 5.97 Å². The molecule has 1 saturated carbocycles. The Bertz CT molecular complexity index is 475. The largest absolute Gasteiger partial charge is 0.464 e. The molecule has 3 atom stereocenters. The number of esters is 1. The molecule has 2 unspecified atom stereocenters. The molecule has 0 aromatic heterocycles. The molecule has 122 valence electrons. The van der Waals surface area contributed by atoms with Crippen LogP contribution in [-0.4, -0.2) is 42.7 Å². The number of hydrogen-bond donors (Lipinski definition) is 2. The number of carbonyl (C=O) groups is 2. The van der Waals surface area contributed by atoms with Crippen molar-refractivity contribution in [2.75, 3.05) is 6.61 Å². The van der Waals surface area contributed by atoms with Gasteiger partial charge in [-0.2, -0.15) is 8.42 Å². The van der Waals surface area contributed by atoms with Gasteiger partial charge in [0.25, 0.3) is 10.1 Å². The highest BCUT2D eigenvalue weighted by Crippen LogP contribution is 2.30. The van der Waals surface area contributed by atoms with E-state index in [1.54, 1.807) is 0 Å². The van der Waals surface area contributed by atoms with E-state index < -0.39 is 33.3 Å². The van der Waals surface area contributed by atoms with Crippen molar-refractivity contribution in [3.8, 4) is 0 Å². The van der Waals surface area contributed by atoms with Crippen LogP contribution < -0.4 is 5.32 Å². The van der Waals surface area contributed by atoms with Crippen LogP contribution in [0.15, 0.2) is 0 Å². The minimum Gasteiger partial charge on any atom is -0.464 e. The summed E-state index contributed by atoms with van der Waals surface area (Å²) in [6.07, 6.45) is 2.40. The lowest BCUT2D eigenvalue weighted by molar-refractivity contribution is -0.147. The number of unbranched alkanes of at least 4 members (excludes halogenated alkanes) is 1. The SMILES string of the molecule is CCCCOC(=O)[C@H](C)NC(=O)C1CCC(S(=O)(=O)O)C1. The lowest BCUT2D eigenvalue weighted by atomic mass is 10.1. The summed E-state index contributed by atoms with van der Waals surface area (Å²) < 4.78 is 36.0. The highest BCUT2D eigenvalue weighted by molar-refractivity contribution is 7.86. The van der Waals surface area contributed by atoms with E-state index in [0.717, 1.165) is 12.8 Å². The quantitative estimate of drug-likeness (QED) is 0.409. The van der Waals surface area contributed by atoms with Gasteiger partial charge < -0.3 is 10.1 Å². The number of carbonyl (C=O) groups excluding carboxylic acids is 2. The van der Waals surface area contributed by atoms with Gasteiger partial charge in [-0.25, -0.2) is 4.79 Å². The second kappa shape index (κ2) is 7.74. The number of hydrogen-bond acceptors (Lipinski definition) is 5. The van der Waals surface area contributed by atoms with E-state index in [-0.39, 0.29) is 18.7 Å². The summed E-state index contributed by atoms with van der Waals surface area (Å²) in [5.74, 6) is -1.37. The van der Waals surface area contributed by atoms with Crippen LogP contribution in [0.2, 0.25) is 0 Å². The first-order valence-corrected chi connectivity index (χ1v) is 8.69. The maximum atomic E-state index is 12.0. The standard InChI is InChI=1S/C13H23NO6S/c1-3-4-7-20-13(16)9(2)14-12(15)10-5-6-11(8-10)21(17,18)19/h9-11H,3-8H2,1-2H3,(H,14,15)(H,17,18,19)/t9-,10?,11?/m0/s1. The van der Waals surface area contributed by atoms with Gasteiger partial charge in [0, 0.05) is 5.92 Å². The zero-order valence-electron chi connectivity index (χ0n) is 12.4. The Balaban J connectivity index is 2.41. The Hall–Kier alpha value is -1.15. The Morgan fingerprint density at radius 2 is 2.05 bits per heavy atom. The molecule has 21 heavy (non-hydrogen) atoms. The van der Waals surface area contributed by atoms with Crippen LogP contribution in [0.3, 0.4) is 0 Å². The fourth-order valence-electron chi connectivity index (χ4n) is 2.28. The summed E-state index contributed by atoms with van der Waals surface area (Å²) in [7, 11) is -4.10. The maximum absolute atomic E-state index is 12.0. The second-order valence-electron chi connectivity index (χ2n) is 5.40. The number of rotatable bonds is 7. The lowest BCUT2D eigenvalue weighted by Crippen LogP contribution is -2.42. The third kappa shape index (κ3) is 5.62. The molecule has 0 spiro atoms. The molecular weight excluding hydrogens is 298 g/mol. The van der Waals surface area contributed by atoms with E-state index in [1.807, 2.05) is 6.92 Å². The van der Waals surface area contributed by atoms with Gasteiger partial charge in [0.15, 0.2) is 0 Å². The van der Waals surface area contributed by atoms with Crippen LogP contribution in [0.5, 0.6) is 0 Å². The smallest absolute Gasteiger partial charge is 0.328 e. The highest BCUT2D eigenvalue weighted by atomic mass is 32.2. The van der Waals surface area contributed by atoms with E-state index in [9.17, 15) is 18.0 Å². The van der Waals surface area contributed by atoms with Crippen molar-refractivity contribution in [2.24, 2.45) is 5.92 Å². The zero-order chi connectivity index (χ0) is 16.0. The molecule has 0 heterocycles. The van der Waals surface area contributed by atoms with E-state index in [4.69, 9.17) is 9.29 Å². The minimum absolute atomic E-state index is 0.0856. The average Bonchev–Trinajstić information content (AvgIpc) is 2.88. The van der Waals surface area contributed by atoms with Gasteiger partial charge in [-0.05, 0) is 32.6 Å². The third-order valence-corrected chi connectivity index (χ3v) is 4.90. The molecule has 2 N–H and O–H groups in total. The number of nitrogens with one attached hydrogen (secondary N) is 1. The predicted octanol–water partition coefficient (Wildman–Crippen LogP) is 0.891. The maximum Gasteiger partial charge on any atom is 0.328 e. The number of ether oxygens (including phenoxy) is 1. The summed E-state index contributed by atoms with van der Waals surface area (Å²) >= 11 is 0. The monoisotopic (exact) mass is 321 g/mol. The molecule has 0 bridgehead atoms. The van der Waals surface area contributed by atoms with E-state index in [1.165, 1.54) is 6.92 Å². The molecule has 1 aliphatic rings. The van der Waals surface area contributed by atoms with Crippen LogP contribution in [0.4, 0.5) is 0 Å². The fraction of sp³-hybridized carbons (Fsp3) is 0.846. The topological polar surface area (TPSA) is 110 Å². The predicted molar refractivity (Wildman–Crippen MR) is 76.1 cm³/mol. The Labute approximate surface area is 125 Å². The van der Waals surface area contributed by atoms with Crippen molar-refractivity contribution in [1.82, 2.24) is 5.32 Å². The van der Waals surface area contributed by atoms with E-state index >= 15 is 0 Å². The summed E-state index contributed by atoms with van der Waals surface area (Å²) in [5, 5.41) is 1.64. The summed E-state index contributed by atoms with van der Waals surface area (Å²) in [5.41, 5.74) is 0. The molecule has 1 rings (SSSR count). The van der Waals surface area contributed by atoms with Crippen molar-refractivity contribution in [2.45, 2.75) is 57.2 Å². The minimum atomic E-state index is -4.10. The van der Waals surface area contributed by atoms with Crippen molar-refractivity contribution < 1.29 is 27.3 Å². The Kier molecular flexibility index (Phi) is 6.60. The van der Waals surface area contributed by atoms with Crippen molar-refractivity contribution in [1.29, 1.82) is 0 Å². The summed E-state index contributed by atoms with van der Waals surface area (Å²) in [4.78, 5) is 23.6. The molecular formula is C13H23NO6S. The first-order valence-electron chi connectivity index (χ1n) is 7.19. The second-order valence-corrected chi connectivity index (χ2v) is 7.09. The van der Waals surface area contributed by atoms with Gasteiger partial charge in [-0.15, -0.1) is 0 Å². The van der Waals surface area contributed by atoms with Crippen LogP contribution in [-0.2, 0) is 24.4 Å².